The molecule has 0 amide bonds. The van der Waals surface area contributed by atoms with Crippen molar-refractivity contribution in [3.63, 3.8) is 0 Å². The fraction of sp³-hybridized carbons (Fsp3) is 0.773. The van der Waals surface area contributed by atoms with Crippen molar-refractivity contribution in [2.24, 2.45) is 16.8 Å². The summed E-state index contributed by atoms with van der Waals surface area (Å²) in [4.78, 5) is 4.34. The Labute approximate surface area is 148 Å². The van der Waals surface area contributed by atoms with Crippen LogP contribution in [0.25, 0.3) is 0 Å². The molecule has 0 spiro atoms. The van der Waals surface area contributed by atoms with Crippen molar-refractivity contribution in [1.82, 2.24) is 0 Å². The van der Waals surface area contributed by atoms with Crippen molar-refractivity contribution in [1.29, 1.82) is 0 Å². The van der Waals surface area contributed by atoms with Gasteiger partial charge >= 0.3 is 0 Å². The normalized spacial score (nSPS) is 13.5. The SMILES string of the molecule is C=C(C)N=C/C(=C\CC(CC)C(C)CCC)CCC.CC.CC. The molecule has 0 aliphatic carbocycles. The van der Waals surface area contributed by atoms with Crippen LogP contribution >= 0.6 is 0 Å². The molecule has 0 saturated heterocycles. The molecule has 0 bridgehead atoms. The van der Waals surface area contributed by atoms with Gasteiger partial charge in [0.25, 0.3) is 0 Å². The molecular weight excluding hydrogens is 278 g/mol. The first-order valence-electron chi connectivity index (χ1n) is 9.93. The second-order valence-electron chi connectivity index (χ2n) is 5.69. The first-order valence-corrected chi connectivity index (χ1v) is 9.93. The molecular formula is C22H45N. The van der Waals surface area contributed by atoms with Crippen LogP contribution in [-0.2, 0) is 0 Å². The van der Waals surface area contributed by atoms with E-state index in [4.69, 9.17) is 0 Å². The van der Waals surface area contributed by atoms with Gasteiger partial charge < -0.3 is 0 Å². The van der Waals surface area contributed by atoms with Crippen LogP contribution in [0.2, 0.25) is 0 Å². The molecule has 0 heterocycles. The molecule has 0 saturated carbocycles. The monoisotopic (exact) mass is 323 g/mol. The molecule has 2 unspecified atom stereocenters. The Balaban J connectivity index is -0.000000919. The first-order chi connectivity index (χ1) is 11.0. The Morgan fingerprint density at radius 1 is 1.04 bits per heavy atom. The van der Waals surface area contributed by atoms with Gasteiger partial charge in [0, 0.05) is 11.9 Å². The summed E-state index contributed by atoms with van der Waals surface area (Å²) in [5, 5.41) is 0. The van der Waals surface area contributed by atoms with Crippen molar-refractivity contribution >= 4 is 6.21 Å². The van der Waals surface area contributed by atoms with E-state index in [0.29, 0.717) is 0 Å². The number of hydrogen-bond donors (Lipinski definition) is 0. The highest BCUT2D eigenvalue weighted by Crippen LogP contribution is 2.25. The van der Waals surface area contributed by atoms with Crippen LogP contribution in [-0.4, -0.2) is 6.21 Å². The first kappa shape index (κ1) is 27.0. The van der Waals surface area contributed by atoms with E-state index in [1.54, 1.807) is 0 Å². The molecule has 0 aromatic heterocycles. The van der Waals surface area contributed by atoms with E-state index in [0.717, 1.165) is 24.0 Å². The number of aliphatic imine (C=N–C) groups is 1. The Kier molecular flexibility index (Phi) is 24.8. The molecule has 0 N–H and O–H groups in total. The Bertz CT molecular complexity index is 299. The predicted molar refractivity (Wildman–Crippen MR) is 111 cm³/mol. The summed E-state index contributed by atoms with van der Waals surface area (Å²) in [6, 6.07) is 0. The van der Waals surface area contributed by atoms with Gasteiger partial charge in [-0.25, -0.2) is 0 Å². The lowest BCUT2D eigenvalue weighted by Gasteiger charge is -2.21. The van der Waals surface area contributed by atoms with Gasteiger partial charge in [-0.15, -0.1) is 0 Å². The van der Waals surface area contributed by atoms with E-state index in [1.165, 1.54) is 37.7 Å². The van der Waals surface area contributed by atoms with E-state index in [-0.39, 0.29) is 0 Å². The lowest BCUT2D eigenvalue weighted by molar-refractivity contribution is 0.328. The fourth-order valence-corrected chi connectivity index (χ4v) is 2.50. The van der Waals surface area contributed by atoms with Gasteiger partial charge in [-0.3, -0.25) is 4.99 Å². The molecule has 0 aliphatic rings. The van der Waals surface area contributed by atoms with Gasteiger partial charge in [-0.1, -0.05) is 93.7 Å². The van der Waals surface area contributed by atoms with Gasteiger partial charge in [0.05, 0.1) is 0 Å². The summed E-state index contributed by atoms with van der Waals surface area (Å²) < 4.78 is 0. The molecule has 0 aromatic rings. The summed E-state index contributed by atoms with van der Waals surface area (Å²) in [5.74, 6) is 1.64. The second kappa shape index (κ2) is 21.1. The third-order valence-corrected chi connectivity index (χ3v) is 3.75. The molecule has 1 heteroatoms. The van der Waals surface area contributed by atoms with E-state index in [2.05, 4.69) is 45.3 Å². The third kappa shape index (κ3) is 17.3. The summed E-state index contributed by atoms with van der Waals surface area (Å²) in [7, 11) is 0. The van der Waals surface area contributed by atoms with Crippen LogP contribution in [0.3, 0.4) is 0 Å². The molecule has 2 atom stereocenters. The average molecular weight is 324 g/mol. The smallest absolute Gasteiger partial charge is 0.0301 e. The van der Waals surface area contributed by atoms with Crippen LogP contribution < -0.4 is 0 Å². The van der Waals surface area contributed by atoms with Crippen molar-refractivity contribution in [3.8, 4) is 0 Å². The van der Waals surface area contributed by atoms with Crippen LogP contribution in [0, 0.1) is 11.8 Å². The standard InChI is InChI=1S/C18H33N.2C2H6/c1-7-10-16(6)18(9-3)13-12-17(11-8-2)14-19-15(4)5;2*1-2/h12,14,16,18H,4,7-11,13H2,1-3,5-6H3;2*1-2H3/b17-12-,19-14?;;. The highest BCUT2D eigenvalue weighted by molar-refractivity contribution is 5.79. The minimum absolute atomic E-state index is 0.810. The summed E-state index contributed by atoms with van der Waals surface area (Å²) in [6.45, 7) is 23.0. The van der Waals surface area contributed by atoms with Crippen LogP contribution in [0.15, 0.2) is 28.9 Å². The zero-order valence-electron chi connectivity index (χ0n) is 17.7. The maximum atomic E-state index is 4.34. The van der Waals surface area contributed by atoms with Crippen molar-refractivity contribution in [2.45, 2.75) is 101 Å². The predicted octanol–water partition coefficient (Wildman–Crippen LogP) is 8.22. The number of nitrogens with zero attached hydrogens (tertiary/aromatic N) is 1. The molecule has 1 nitrogen and oxygen atoms in total. The number of rotatable bonds is 10. The second-order valence-corrected chi connectivity index (χ2v) is 5.69. The minimum Gasteiger partial charge on any atom is -0.262 e. The lowest BCUT2D eigenvalue weighted by Crippen LogP contribution is -2.10. The minimum atomic E-state index is 0.810. The van der Waals surface area contributed by atoms with Crippen LogP contribution in [0.5, 0.6) is 0 Å². The summed E-state index contributed by atoms with van der Waals surface area (Å²) in [6.07, 6.45) is 11.8. The Hall–Kier alpha value is -0.850. The lowest BCUT2D eigenvalue weighted by atomic mass is 9.85. The Morgan fingerprint density at radius 3 is 2.00 bits per heavy atom. The molecule has 138 valence electrons. The molecule has 0 fully saturated rings. The highest BCUT2D eigenvalue weighted by atomic mass is 14.7. The number of hydrogen-bond acceptors (Lipinski definition) is 1. The van der Waals surface area contributed by atoms with E-state index >= 15 is 0 Å². The zero-order chi connectivity index (χ0) is 18.7. The van der Waals surface area contributed by atoms with Crippen molar-refractivity contribution in [2.75, 3.05) is 0 Å². The van der Waals surface area contributed by atoms with Crippen molar-refractivity contribution in [3.05, 3.63) is 23.9 Å². The van der Waals surface area contributed by atoms with Gasteiger partial charge in [-0.2, -0.15) is 0 Å². The topological polar surface area (TPSA) is 12.4 Å². The molecule has 0 radical (unpaired) electrons. The molecule has 0 aromatic carbocycles. The average Bonchev–Trinajstić information content (AvgIpc) is 2.57. The quantitative estimate of drug-likeness (QED) is 0.359. The highest BCUT2D eigenvalue weighted by Gasteiger charge is 2.13. The van der Waals surface area contributed by atoms with Gasteiger partial charge in [0.15, 0.2) is 0 Å². The largest absolute Gasteiger partial charge is 0.262 e. The molecule has 0 aliphatic heterocycles. The van der Waals surface area contributed by atoms with Crippen LogP contribution in [0.4, 0.5) is 0 Å². The maximum absolute atomic E-state index is 4.34. The van der Waals surface area contributed by atoms with Gasteiger partial charge in [-0.05, 0) is 37.2 Å². The fourth-order valence-electron chi connectivity index (χ4n) is 2.50. The third-order valence-electron chi connectivity index (χ3n) is 3.75. The maximum Gasteiger partial charge on any atom is 0.0301 e. The molecule has 0 rings (SSSR count). The van der Waals surface area contributed by atoms with E-state index in [9.17, 15) is 0 Å². The molecule has 23 heavy (non-hydrogen) atoms. The van der Waals surface area contributed by atoms with E-state index < -0.39 is 0 Å². The number of allylic oxidation sites excluding steroid dienone is 3. The van der Waals surface area contributed by atoms with Crippen LogP contribution in [0.1, 0.15) is 101 Å². The van der Waals surface area contributed by atoms with Gasteiger partial charge in [0.2, 0.25) is 0 Å². The van der Waals surface area contributed by atoms with E-state index in [1.807, 2.05) is 40.8 Å². The Morgan fingerprint density at radius 2 is 1.61 bits per heavy atom. The zero-order valence-corrected chi connectivity index (χ0v) is 17.7. The van der Waals surface area contributed by atoms with Crippen molar-refractivity contribution < 1.29 is 0 Å². The summed E-state index contributed by atoms with van der Waals surface area (Å²) in [5.41, 5.74) is 2.25. The summed E-state index contributed by atoms with van der Waals surface area (Å²) >= 11 is 0. The van der Waals surface area contributed by atoms with Gasteiger partial charge in [0.1, 0.15) is 0 Å².